The topological polar surface area (TPSA) is 36.9 Å². The van der Waals surface area contributed by atoms with Crippen LogP contribution in [-0.4, -0.2) is 32.8 Å². The minimum absolute atomic E-state index is 0.0789. The first-order valence-electron chi connectivity index (χ1n) is 5.73. The largest absolute Gasteiger partial charge is 0.493 e. The minimum Gasteiger partial charge on any atom is -0.493 e. The summed E-state index contributed by atoms with van der Waals surface area (Å²) in [4.78, 5) is 0. The molecule has 1 heterocycles. The minimum atomic E-state index is -0.779. The fourth-order valence-corrected chi connectivity index (χ4v) is 2.14. The average molecular weight is 273 g/mol. The molecule has 1 aromatic carbocycles. The Hall–Kier alpha value is -0.970. The Morgan fingerprint density at radius 1 is 1.33 bits per heavy atom. The molecule has 1 fully saturated rings. The van der Waals surface area contributed by atoms with Crippen molar-refractivity contribution in [3.8, 4) is 11.5 Å². The SMILES string of the molecule is COc1ccc(C2(C)OCC(CCl)O2)cc1OC. The Morgan fingerprint density at radius 2 is 2.06 bits per heavy atom. The molecule has 0 N–H and O–H groups in total. The van der Waals surface area contributed by atoms with Crippen LogP contribution in [0, 0.1) is 0 Å². The highest BCUT2D eigenvalue weighted by Gasteiger charge is 2.38. The Labute approximate surface area is 112 Å². The molecule has 0 radical (unpaired) electrons. The number of halogens is 1. The monoisotopic (exact) mass is 272 g/mol. The van der Waals surface area contributed by atoms with E-state index in [0.717, 1.165) is 5.56 Å². The molecule has 0 saturated carbocycles. The van der Waals surface area contributed by atoms with Gasteiger partial charge in [-0.1, -0.05) is 0 Å². The number of hydrogen-bond donors (Lipinski definition) is 0. The molecule has 100 valence electrons. The van der Waals surface area contributed by atoms with Crippen molar-refractivity contribution in [2.45, 2.75) is 18.8 Å². The molecule has 0 spiro atoms. The third-order valence-corrected chi connectivity index (χ3v) is 3.36. The van der Waals surface area contributed by atoms with Gasteiger partial charge in [-0.05, 0) is 25.1 Å². The molecule has 1 aliphatic heterocycles. The zero-order valence-corrected chi connectivity index (χ0v) is 11.5. The summed E-state index contributed by atoms with van der Waals surface area (Å²) < 4.78 is 22.0. The van der Waals surface area contributed by atoms with Crippen molar-refractivity contribution in [2.75, 3.05) is 26.7 Å². The lowest BCUT2D eigenvalue weighted by Crippen LogP contribution is -2.24. The summed E-state index contributed by atoms with van der Waals surface area (Å²) in [5.74, 6) is 0.969. The average Bonchev–Trinajstić information content (AvgIpc) is 2.81. The van der Waals surface area contributed by atoms with E-state index in [0.29, 0.717) is 24.0 Å². The van der Waals surface area contributed by atoms with Gasteiger partial charge < -0.3 is 18.9 Å². The van der Waals surface area contributed by atoms with E-state index >= 15 is 0 Å². The predicted octanol–water partition coefficient (Wildman–Crippen LogP) is 2.53. The highest BCUT2D eigenvalue weighted by molar-refractivity contribution is 6.18. The van der Waals surface area contributed by atoms with Gasteiger partial charge in [-0.15, -0.1) is 11.6 Å². The molecule has 4 nitrogen and oxygen atoms in total. The number of rotatable bonds is 4. The highest BCUT2D eigenvalue weighted by Crippen LogP contribution is 2.38. The van der Waals surface area contributed by atoms with Crippen molar-refractivity contribution in [3.05, 3.63) is 23.8 Å². The van der Waals surface area contributed by atoms with Crippen LogP contribution in [0.1, 0.15) is 12.5 Å². The molecule has 1 saturated heterocycles. The van der Waals surface area contributed by atoms with Crippen LogP contribution in [-0.2, 0) is 15.3 Å². The zero-order chi connectivity index (χ0) is 13.2. The molecule has 2 rings (SSSR count). The number of hydrogen-bond acceptors (Lipinski definition) is 4. The Kier molecular flexibility index (Phi) is 4.00. The Bertz CT molecular complexity index is 423. The number of methoxy groups -OCH3 is 2. The van der Waals surface area contributed by atoms with E-state index in [-0.39, 0.29) is 6.10 Å². The fraction of sp³-hybridized carbons (Fsp3) is 0.538. The number of benzene rings is 1. The maximum absolute atomic E-state index is 5.81. The molecule has 2 unspecified atom stereocenters. The summed E-state index contributed by atoms with van der Waals surface area (Å²) >= 11 is 5.78. The molecule has 1 aliphatic rings. The molecule has 5 heteroatoms. The van der Waals surface area contributed by atoms with Gasteiger partial charge in [0, 0.05) is 5.56 Å². The Morgan fingerprint density at radius 3 is 2.61 bits per heavy atom. The van der Waals surface area contributed by atoms with Gasteiger partial charge in [0.15, 0.2) is 17.3 Å². The summed E-state index contributed by atoms with van der Waals surface area (Å²) in [7, 11) is 3.20. The van der Waals surface area contributed by atoms with Crippen LogP contribution < -0.4 is 9.47 Å². The highest BCUT2D eigenvalue weighted by atomic mass is 35.5. The van der Waals surface area contributed by atoms with Gasteiger partial charge in [-0.25, -0.2) is 0 Å². The van der Waals surface area contributed by atoms with Crippen LogP contribution in [0.4, 0.5) is 0 Å². The van der Waals surface area contributed by atoms with Gasteiger partial charge in [0.25, 0.3) is 0 Å². The van der Waals surface area contributed by atoms with Gasteiger partial charge >= 0.3 is 0 Å². The molecule has 2 atom stereocenters. The summed E-state index contributed by atoms with van der Waals surface area (Å²) in [5, 5.41) is 0. The van der Waals surface area contributed by atoms with Crippen LogP contribution in [0.2, 0.25) is 0 Å². The van der Waals surface area contributed by atoms with Crippen LogP contribution in [0.3, 0.4) is 0 Å². The second-order valence-electron chi connectivity index (χ2n) is 4.22. The second kappa shape index (κ2) is 5.34. The summed E-state index contributed by atoms with van der Waals surface area (Å²) in [5.41, 5.74) is 0.882. The van der Waals surface area contributed by atoms with Gasteiger partial charge in [-0.2, -0.15) is 0 Å². The van der Waals surface area contributed by atoms with E-state index < -0.39 is 5.79 Å². The summed E-state index contributed by atoms with van der Waals surface area (Å²) in [6, 6.07) is 5.59. The number of alkyl halides is 1. The first-order valence-corrected chi connectivity index (χ1v) is 6.26. The van der Waals surface area contributed by atoms with Crippen LogP contribution in [0.5, 0.6) is 11.5 Å². The van der Waals surface area contributed by atoms with E-state index in [1.807, 2.05) is 25.1 Å². The first kappa shape index (κ1) is 13.5. The lowest BCUT2D eigenvalue weighted by molar-refractivity contribution is -0.159. The van der Waals surface area contributed by atoms with Gasteiger partial charge in [0.2, 0.25) is 0 Å². The van der Waals surface area contributed by atoms with Crippen LogP contribution in [0.15, 0.2) is 18.2 Å². The normalized spacial score (nSPS) is 27.2. The third kappa shape index (κ3) is 2.41. The second-order valence-corrected chi connectivity index (χ2v) is 4.53. The molecule has 0 bridgehead atoms. The van der Waals surface area contributed by atoms with E-state index in [2.05, 4.69) is 0 Å². The predicted molar refractivity (Wildman–Crippen MR) is 68.4 cm³/mol. The molecule has 0 amide bonds. The molecular weight excluding hydrogens is 256 g/mol. The number of ether oxygens (including phenoxy) is 4. The van der Waals surface area contributed by atoms with Crippen molar-refractivity contribution in [3.63, 3.8) is 0 Å². The smallest absolute Gasteiger partial charge is 0.192 e. The lowest BCUT2D eigenvalue weighted by atomic mass is 10.1. The zero-order valence-electron chi connectivity index (χ0n) is 10.7. The van der Waals surface area contributed by atoms with Crippen LogP contribution in [0.25, 0.3) is 0 Å². The van der Waals surface area contributed by atoms with Gasteiger partial charge in [-0.3, -0.25) is 0 Å². The van der Waals surface area contributed by atoms with Gasteiger partial charge in [0.1, 0.15) is 0 Å². The third-order valence-electron chi connectivity index (χ3n) is 3.02. The van der Waals surface area contributed by atoms with Crippen molar-refractivity contribution < 1.29 is 18.9 Å². The maximum atomic E-state index is 5.81. The van der Waals surface area contributed by atoms with Crippen molar-refractivity contribution in [2.24, 2.45) is 0 Å². The lowest BCUT2D eigenvalue weighted by Gasteiger charge is -2.24. The fourth-order valence-electron chi connectivity index (χ4n) is 1.98. The van der Waals surface area contributed by atoms with E-state index in [9.17, 15) is 0 Å². The van der Waals surface area contributed by atoms with E-state index in [1.54, 1.807) is 14.2 Å². The molecular formula is C13H17ClO4. The Balaban J connectivity index is 2.28. The first-order chi connectivity index (χ1) is 8.62. The standard InChI is InChI=1S/C13H17ClO4/c1-13(17-8-10(7-14)18-13)9-4-5-11(15-2)12(6-9)16-3/h4-6,10H,7-8H2,1-3H3. The molecule has 18 heavy (non-hydrogen) atoms. The van der Waals surface area contributed by atoms with Crippen molar-refractivity contribution >= 4 is 11.6 Å². The summed E-state index contributed by atoms with van der Waals surface area (Å²) in [6.45, 7) is 2.37. The quantitative estimate of drug-likeness (QED) is 0.790. The summed E-state index contributed by atoms with van der Waals surface area (Å²) in [6.07, 6.45) is -0.0789. The van der Waals surface area contributed by atoms with Crippen molar-refractivity contribution in [1.82, 2.24) is 0 Å². The van der Waals surface area contributed by atoms with Gasteiger partial charge in [0.05, 0.1) is 32.8 Å². The molecule has 0 aromatic heterocycles. The maximum Gasteiger partial charge on any atom is 0.192 e. The van der Waals surface area contributed by atoms with Crippen LogP contribution >= 0.6 is 11.6 Å². The van der Waals surface area contributed by atoms with E-state index in [4.69, 9.17) is 30.5 Å². The molecule has 1 aromatic rings. The van der Waals surface area contributed by atoms with E-state index in [1.165, 1.54) is 0 Å². The van der Waals surface area contributed by atoms with Crippen molar-refractivity contribution in [1.29, 1.82) is 0 Å². The molecule has 0 aliphatic carbocycles.